The van der Waals surface area contributed by atoms with Gasteiger partial charge >= 0.3 is 0 Å². The minimum atomic E-state index is -3.40. The highest BCUT2D eigenvalue weighted by Crippen LogP contribution is 2.16. The van der Waals surface area contributed by atoms with Gasteiger partial charge in [-0.15, -0.1) is 0 Å². The molecule has 0 bridgehead atoms. The number of piperidine rings is 1. The SMILES string of the molecule is CCS(=O)(=O)Nc1cccc(C(=O)NC2CCN(C(=O)c3ccoc3)CC2)c1. The Balaban J connectivity index is 1.55. The van der Waals surface area contributed by atoms with E-state index in [1.54, 1.807) is 36.1 Å². The summed E-state index contributed by atoms with van der Waals surface area (Å²) in [5.74, 6) is -0.383. The molecule has 1 aliphatic heterocycles. The first-order valence-corrected chi connectivity index (χ1v) is 10.8. The Bertz CT molecular complexity index is 932. The molecule has 28 heavy (non-hydrogen) atoms. The number of amides is 2. The quantitative estimate of drug-likeness (QED) is 0.765. The predicted molar refractivity (Wildman–Crippen MR) is 105 cm³/mol. The first-order valence-electron chi connectivity index (χ1n) is 9.11. The van der Waals surface area contributed by atoms with Crippen molar-refractivity contribution in [2.24, 2.45) is 0 Å². The highest BCUT2D eigenvalue weighted by Gasteiger charge is 2.25. The van der Waals surface area contributed by atoms with Gasteiger partial charge in [-0.05, 0) is 44.0 Å². The summed E-state index contributed by atoms with van der Waals surface area (Å²) in [6.45, 7) is 2.64. The van der Waals surface area contributed by atoms with Gasteiger partial charge in [-0.25, -0.2) is 8.42 Å². The van der Waals surface area contributed by atoms with E-state index < -0.39 is 10.0 Å². The molecule has 1 aromatic carbocycles. The number of benzene rings is 1. The van der Waals surface area contributed by atoms with E-state index in [1.165, 1.54) is 18.6 Å². The van der Waals surface area contributed by atoms with Crippen LogP contribution < -0.4 is 10.0 Å². The third-order valence-electron chi connectivity index (χ3n) is 4.66. The number of hydrogen-bond donors (Lipinski definition) is 2. The Morgan fingerprint density at radius 3 is 2.57 bits per heavy atom. The summed E-state index contributed by atoms with van der Waals surface area (Å²) >= 11 is 0. The number of furan rings is 1. The molecule has 150 valence electrons. The van der Waals surface area contributed by atoms with Gasteiger partial charge in [0.2, 0.25) is 10.0 Å². The van der Waals surface area contributed by atoms with E-state index in [-0.39, 0.29) is 23.6 Å². The lowest BCUT2D eigenvalue weighted by molar-refractivity contribution is 0.0697. The van der Waals surface area contributed by atoms with Gasteiger partial charge in [-0.2, -0.15) is 0 Å². The zero-order valence-corrected chi connectivity index (χ0v) is 16.4. The van der Waals surface area contributed by atoms with Crippen molar-refractivity contribution in [2.75, 3.05) is 23.6 Å². The van der Waals surface area contributed by atoms with E-state index in [2.05, 4.69) is 10.0 Å². The predicted octanol–water partition coefficient (Wildman–Crippen LogP) is 2.08. The van der Waals surface area contributed by atoms with Gasteiger partial charge in [-0.1, -0.05) is 6.07 Å². The van der Waals surface area contributed by atoms with Crippen LogP contribution in [0, 0.1) is 0 Å². The van der Waals surface area contributed by atoms with Crippen LogP contribution in [0.15, 0.2) is 47.3 Å². The molecule has 0 spiro atoms. The fourth-order valence-corrected chi connectivity index (χ4v) is 3.67. The lowest BCUT2D eigenvalue weighted by atomic mass is 10.0. The number of sulfonamides is 1. The van der Waals surface area contributed by atoms with Gasteiger partial charge in [0.15, 0.2) is 0 Å². The highest BCUT2D eigenvalue weighted by molar-refractivity contribution is 7.92. The van der Waals surface area contributed by atoms with Crippen molar-refractivity contribution in [3.63, 3.8) is 0 Å². The number of anilines is 1. The van der Waals surface area contributed by atoms with Crippen LogP contribution in [-0.2, 0) is 10.0 Å². The maximum Gasteiger partial charge on any atom is 0.257 e. The van der Waals surface area contributed by atoms with Crippen LogP contribution in [0.5, 0.6) is 0 Å². The second kappa shape index (κ2) is 8.47. The molecule has 2 aromatic rings. The highest BCUT2D eigenvalue weighted by atomic mass is 32.2. The summed E-state index contributed by atoms with van der Waals surface area (Å²) in [7, 11) is -3.40. The summed E-state index contributed by atoms with van der Waals surface area (Å²) in [5, 5.41) is 2.96. The Morgan fingerprint density at radius 1 is 1.18 bits per heavy atom. The number of likely N-dealkylation sites (tertiary alicyclic amines) is 1. The summed E-state index contributed by atoms with van der Waals surface area (Å²) in [4.78, 5) is 26.6. The molecule has 0 saturated carbocycles. The molecule has 1 saturated heterocycles. The van der Waals surface area contributed by atoms with Crippen molar-refractivity contribution in [1.29, 1.82) is 0 Å². The van der Waals surface area contributed by atoms with Crippen molar-refractivity contribution >= 4 is 27.5 Å². The lowest BCUT2D eigenvalue weighted by Gasteiger charge is -2.32. The van der Waals surface area contributed by atoms with Gasteiger partial charge in [0.1, 0.15) is 6.26 Å². The van der Waals surface area contributed by atoms with Gasteiger partial charge < -0.3 is 14.6 Å². The van der Waals surface area contributed by atoms with Crippen LogP contribution in [0.3, 0.4) is 0 Å². The normalized spacial score (nSPS) is 15.2. The maximum atomic E-state index is 12.5. The van der Waals surface area contributed by atoms with Crippen LogP contribution in [0.4, 0.5) is 5.69 Å². The average Bonchev–Trinajstić information content (AvgIpc) is 3.23. The third-order valence-corrected chi connectivity index (χ3v) is 5.97. The molecule has 0 radical (unpaired) electrons. The van der Waals surface area contributed by atoms with Crippen molar-refractivity contribution < 1.29 is 22.4 Å². The Hall–Kier alpha value is -2.81. The Labute approximate surface area is 164 Å². The smallest absolute Gasteiger partial charge is 0.257 e. The zero-order chi connectivity index (χ0) is 20.1. The van der Waals surface area contributed by atoms with Crippen LogP contribution >= 0.6 is 0 Å². The van der Waals surface area contributed by atoms with Crippen LogP contribution in [0.25, 0.3) is 0 Å². The van der Waals surface area contributed by atoms with E-state index in [9.17, 15) is 18.0 Å². The molecular formula is C19H23N3O5S. The molecule has 0 aliphatic carbocycles. The first kappa shape index (κ1) is 19.9. The average molecular weight is 405 g/mol. The first-order chi connectivity index (χ1) is 13.4. The van der Waals surface area contributed by atoms with E-state index >= 15 is 0 Å². The minimum absolute atomic E-state index is 0.0421. The van der Waals surface area contributed by atoms with Gasteiger partial charge in [0, 0.05) is 30.4 Å². The fraction of sp³-hybridized carbons (Fsp3) is 0.368. The standard InChI is InChI=1S/C19H23N3O5S/c1-2-28(25,26)21-17-5-3-4-14(12-17)18(23)20-16-6-9-22(10-7-16)19(24)15-8-11-27-13-15/h3-5,8,11-13,16,21H,2,6-7,9-10H2,1H3,(H,20,23). The number of hydrogen-bond acceptors (Lipinski definition) is 5. The molecule has 1 fully saturated rings. The van der Waals surface area contributed by atoms with Gasteiger partial charge in [0.25, 0.3) is 11.8 Å². The molecule has 1 aliphatic rings. The van der Waals surface area contributed by atoms with E-state index in [4.69, 9.17) is 4.42 Å². The van der Waals surface area contributed by atoms with Crippen molar-refractivity contribution in [1.82, 2.24) is 10.2 Å². The van der Waals surface area contributed by atoms with Gasteiger partial charge in [0.05, 0.1) is 17.6 Å². The lowest BCUT2D eigenvalue weighted by Crippen LogP contribution is -2.46. The van der Waals surface area contributed by atoms with Crippen molar-refractivity contribution in [3.8, 4) is 0 Å². The van der Waals surface area contributed by atoms with E-state index in [0.717, 1.165) is 0 Å². The topological polar surface area (TPSA) is 109 Å². The molecule has 3 rings (SSSR count). The van der Waals surface area contributed by atoms with E-state index in [0.29, 0.717) is 42.7 Å². The minimum Gasteiger partial charge on any atom is -0.472 e. The van der Waals surface area contributed by atoms with Crippen molar-refractivity contribution in [2.45, 2.75) is 25.8 Å². The largest absolute Gasteiger partial charge is 0.472 e. The Kier molecular flexibility index (Phi) is 6.03. The molecule has 2 amide bonds. The number of carbonyl (C=O) groups excluding carboxylic acids is 2. The number of nitrogens with one attached hydrogen (secondary N) is 2. The number of rotatable bonds is 6. The molecule has 1 aromatic heterocycles. The second-order valence-electron chi connectivity index (χ2n) is 6.64. The molecular weight excluding hydrogens is 382 g/mol. The monoisotopic (exact) mass is 405 g/mol. The number of nitrogens with zero attached hydrogens (tertiary/aromatic N) is 1. The molecule has 2 N–H and O–H groups in total. The maximum absolute atomic E-state index is 12.5. The fourth-order valence-electron chi connectivity index (χ4n) is 3.04. The zero-order valence-electron chi connectivity index (χ0n) is 15.6. The second-order valence-corrected chi connectivity index (χ2v) is 8.65. The molecule has 2 heterocycles. The Morgan fingerprint density at radius 2 is 1.93 bits per heavy atom. The van der Waals surface area contributed by atoms with Crippen LogP contribution in [0.2, 0.25) is 0 Å². The summed E-state index contributed by atoms with van der Waals surface area (Å²) in [6.07, 6.45) is 4.19. The van der Waals surface area contributed by atoms with Gasteiger partial charge in [-0.3, -0.25) is 14.3 Å². The molecule has 0 unspecified atom stereocenters. The number of carbonyl (C=O) groups is 2. The van der Waals surface area contributed by atoms with Crippen molar-refractivity contribution in [3.05, 3.63) is 54.0 Å². The van der Waals surface area contributed by atoms with Crippen LogP contribution in [0.1, 0.15) is 40.5 Å². The summed E-state index contributed by atoms with van der Waals surface area (Å²) in [5.41, 5.74) is 1.26. The molecule has 8 nitrogen and oxygen atoms in total. The van der Waals surface area contributed by atoms with E-state index in [1.807, 2.05) is 0 Å². The van der Waals surface area contributed by atoms with Crippen LogP contribution in [-0.4, -0.2) is 50.0 Å². The summed E-state index contributed by atoms with van der Waals surface area (Å²) < 4.78 is 30.8. The third kappa shape index (κ3) is 4.92. The molecule has 0 atom stereocenters. The molecule has 9 heteroatoms. The summed E-state index contributed by atoms with van der Waals surface area (Å²) in [6, 6.07) is 7.97.